The summed E-state index contributed by atoms with van der Waals surface area (Å²) in [5.74, 6) is -1.01. The van der Waals surface area contributed by atoms with Crippen LogP contribution in [0.4, 0.5) is 17.6 Å². The van der Waals surface area contributed by atoms with Crippen LogP contribution in [-0.2, 0) is 0 Å². The minimum absolute atomic E-state index is 0.123. The van der Waals surface area contributed by atoms with Crippen molar-refractivity contribution >= 4 is 11.6 Å². The molecular weight excluding hydrogens is 460 g/mol. The second-order valence-electron chi connectivity index (χ2n) is 10.6. The van der Waals surface area contributed by atoms with E-state index in [0.717, 1.165) is 49.7 Å². The molecule has 2 aromatic rings. The monoisotopic (exact) mass is 494 g/mol. The summed E-state index contributed by atoms with van der Waals surface area (Å²) in [5.41, 5.74) is 0.0373. The first-order chi connectivity index (χ1) is 16.4. The van der Waals surface area contributed by atoms with Gasteiger partial charge in [-0.25, -0.2) is 17.6 Å². The fourth-order valence-corrected chi connectivity index (χ4v) is 6.39. The molecule has 4 rings (SSSR count). The van der Waals surface area contributed by atoms with Gasteiger partial charge in [0.1, 0.15) is 28.3 Å². The average Bonchev–Trinajstić information content (AvgIpc) is 2.82. The maximum absolute atomic E-state index is 14.9. The SMILES string of the molecule is CCCC1CCC(CCC2CCC(c3cc(F)c(-c4cc(F)c(Cl)c(F)c4)c(F)c3)CC2)CC1. The normalized spacial score (nSPS) is 25.5. The van der Waals surface area contributed by atoms with Crippen molar-refractivity contribution in [1.29, 1.82) is 0 Å². The summed E-state index contributed by atoms with van der Waals surface area (Å²) in [6.07, 6.45) is 14.9. The van der Waals surface area contributed by atoms with Gasteiger partial charge in [-0.15, -0.1) is 0 Å². The molecule has 0 unspecified atom stereocenters. The van der Waals surface area contributed by atoms with E-state index in [1.54, 1.807) is 0 Å². The summed E-state index contributed by atoms with van der Waals surface area (Å²) in [4.78, 5) is 0. The summed E-state index contributed by atoms with van der Waals surface area (Å²) in [5, 5.41) is -0.679. The zero-order chi connectivity index (χ0) is 24.2. The summed E-state index contributed by atoms with van der Waals surface area (Å²) >= 11 is 5.50. The molecule has 0 aliphatic heterocycles. The molecule has 0 bridgehead atoms. The Hall–Kier alpha value is -1.55. The molecule has 2 saturated carbocycles. The highest BCUT2D eigenvalue weighted by molar-refractivity contribution is 6.31. The molecule has 2 fully saturated rings. The molecule has 0 amide bonds. The summed E-state index contributed by atoms with van der Waals surface area (Å²) in [6.45, 7) is 2.28. The van der Waals surface area contributed by atoms with Gasteiger partial charge in [0.05, 0.1) is 5.56 Å². The zero-order valence-corrected chi connectivity index (χ0v) is 20.7. The highest BCUT2D eigenvalue weighted by atomic mass is 35.5. The average molecular weight is 495 g/mol. The first kappa shape index (κ1) is 25.5. The van der Waals surface area contributed by atoms with E-state index in [9.17, 15) is 17.6 Å². The van der Waals surface area contributed by atoms with Crippen molar-refractivity contribution in [3.8, 4) is 11.1 Å². The Bertz CT molecular complexity index is 926. The van der Waals surface area contributed by atoms with Crippen LogP contribution in [0.25, 0.3) is 11.1 Å². The van der Waals surface area contributed by atoms with Gasteiger partial charge in [-0.05, 0) is 84.7 Å². The van der Waals surface area contributed by atoms with Crippen LogP contribution < -0.4 is 0 Å². The van der Waals surface area contributed by atoms with E-state index in [-0.39, 0.29) is 11.5 Å². The van der Waals surface area contributed by atoms with Crippen molar-refractivity contribution in [1.82, 2.24) is 0 Å². The van der Waals surface area contributed by atoms with Gasteiger partial charge in [0.15, 0.2) is 0 Å². The largest absolute Gasteiger partial charge is 0.206 e. The van der Waals surface area contributed by atoms with Crippen molar-refractivity contribution in [3.63, 3.8) is 0 Å². The molecule has 5 heteroatoms. The van der Waals surface area contributed by atoms with Gasteiger partial charge in [0.25, 0.3) is 0 Å². The molecule has 2 aromatic carbocycles. The predicted octanol–water partition coefficient (Wildman–Crippen LogP) is 10.2. The van der Waals surface area contributed by atoms with Gasteiger partial charge in [0.2, 0.25) is 0 Å². The molecular formula is C29H35ClF4. The van der Waals surface area contributed by atoms with Crippen LogP contribution in [0.2, 0.25) is 5.02 Å². The van der Waals surface area contributed by atoms with Crippen molar-refractivity contribution in [3.05, 3.63) is 58.1 Å². The van der Waals surface area contributed by atoms with E-state index in [1.165, 1.54) is 63.5 Å². The van der Waals surface area contributed by atoms with Gasteiger partial charge in [0, 0.05) is 0 Å². The molecule has 0 heterocycles. The number of rotatable bonds is 7. The minimum Gasteiger partial charge on any atom is -0.206 e. The molecule has 2 aliphatic carbocycles. The fraction of sp³-hybridized carbons (Fsp3) is 0.586. The van der Waals surface area contributed by atoms with Crippen LogP contribution in [0.1, 0.15) is 95.5 Å². The molecule has 0 atom stereocenters. The number of halogens is 5. The third-order valence-corrected chi connectivity index (χ3v) is 8.66. The van der Waals surface area contributed by atoms with Crippen molar-refractivity contribution in [2.24, 2.45) is 17.8 Å². The van der Waals surface area contributed by atoms with E-state index >= 15 is 0 Å². The molecule has 0 saturated heterocycles. The van der Waals surface area contributed by atoms with E-state index in [2.05, 4.69) is 6.92 Å². The minimum atomic E-state index is -1.04. The smallest absolute Gasteiger partial charge is 0.145 e. The summed E-state index contributed by atoms with van der Waals surface area (Å²) in [6, 6.07) is 4.41. The lowest BCUT2D eigenvalue weighted by molar-refractivity contribution is 0.224. The number of hydrogen-bond donors (Lipinski definition) is 0. The highest BCUT2D eigenvalue weighted by Crippen LogP contribution is 2.41. The lowest BCUT2D eigenvalue weighted by Gasteiger charge is -2.32. The van der Waals surface area contributed by atoms with Crippen molar-refractivity contribution in [2.75, 3.05) is 0 Å². The van der Waals surface area contributed by atoms with Crippen LogP contribution in [0.5, 0.6) is 0 Å². The van der Waals surface area contributed by atoms with Gasteiger partial charge in [-0.3, -0.25) is 0 Å². The molecule has 0 N–H and O–H groups in total. The number of hydrogen-bond acceptors (Lipinski definition) is 0. The Morgan fingerprint density at radius 1 is 0.647 bits per heavy atom. The lowest BCUT2D eigenvalue weighted by atomic mass is 9.74. The third-order valence-electron chi connectivity index (χ3n) is 8.30. The summed E-state index contributed by atoms with van der Waals surface area (Å²) in [7, 11) is 0. The maximum Gasteiger partial charge on any atom is 0.145 e. The van der Waals surface area contributed by atoms with Crippen LogP contribution in [0, 0.1) is 41.0 Å². The Kier molecular flexibility index (Phi) is 8.61. The molecule has 0 aromatic heterocycles. The molecule has 0 radical (unpaired) electrons. The molecule has 34 heavy (non-hydrogen) atoms. The molecule has 0 nitrogen and oxygen atoms in total. The second kappa shape index (κ2) is 11.5. The van der Waals surface area contributed by atoms with Crippen molar-refractivity contribution < 1.29 is 17.6 Å². The van der Waals surface area contributed by atoms with Crippen LogP contribution >= 0.6 is 11.6 Å². The molecule has 0 spiro atoms. The third kappa shape index (κ3) is 5.98. The topological polar surface area (TPSA) is 0 Å². The Balaban J connectivity index is 1.32. The standard InChI is InChI=1S/C29H35ClF4/c1-2-3-18-4-6-19(7-5-18)8-9-20-10-12-21(13-11-20)22-14-24(31)28(25(32)15-22)23-16-26(33)29(30)27(34)17-23/h14-21H,2-13H2,1H3. The second-order valence-corrected chi connectivity index (χ2v) is 11.0. The van der Waals surface area contributed by atoms with E-state index in [4.69, 9.17) is 11.6 Å². The molecule has 186 valence electrons. The van der Waals surface area contributed by atoms with Gasteiger partial charge in [-0.1, -0.05) is 69.9 Å². The van der Waals surface area contributed by atoms with Crippen LogP contribution in [0.15, 0.2) is 24.3 Å². The number of benzene rings is 2. The maximum atomic E-state index is 14.9. The Morgan fingerprint density at radius 3 is 1.56 bits per heavy atom. The predicted molar refractivity (Wildman–Crippen MR) is 131 cm³/mol. The lowest BCUT2D eigenvalue weighted by Crippen LogP contribution is -2.18. The Morgan fingerprint density at radius 2 is 1.09 bits per heavy atom. The van der Waals surface area contributed by atoms with Gasteiger partial charge < -0.3 is 0 Å². The first-order valence-electron chi connectivity index (χ1n) is 13.0. The van der Waals surface area contributed by atoms with Gasteiger partial charge in [-0.2, -0.15) is 0 Å². The first-order valence-corrected chi connectivity index (χ1v) is 13.4. The highest BCUT2D eigenvalue weighted by Gasteiger charge is 2.27. The fourth-order valence-electron chi connectivity index (χ4n) is 6.28. The zero-order valence-electron chi connectivity index (χ0n) is 20.0. The summed E-state index contributed by atoms with van der Waals surface area (Å²) < 4.78 is 57.4. The van der Waals surface area contributed by atoms with Crippen LogP contribution in [-0.4, -0.2) is 0 Å². The van der Waals surface area contributed by atoms with Crippen molar-refractivity contribution in [2.45, 2.75) is 89.9 Å². The van der Waals surface area contributed by atoms with E-state index < -0.39 is 33.9 Å². The van der Waals surface area contributed by atoms with E-state index in [0.29, 0.717) is 11.5 Å². The quantitative estimate of drug-likeness (QED) is 0.265. The molecule has 2 aliphatic rings. The van der Waals surface area contributed by atoms with Crippen LogP contribution in [0.3, 0.4) is 0 Å². The van der Waals surface area contributed by atoms with E-state index in [1.807, 2.05) is 0 Å². The van der Waals surface area contributed by atoms with Gasteiger partial charge >= 0.3 is 0 Å². The Labute approximate surface area is 206 Å².